The summed E-state index contributed by atoms with van der Waals surface area (Å²) in [7, 11) is 1.60. The van der Waals surface area contributed by atoms with E-state index in [0.717, 1.165) is 0 Å². The van der Waals surface area contributed by atoms with Crippen LogP contribution in [0.4, 0.5) is 13.6 Å². The molecule has 1 rings (SSSR count). The molecule has 18 heavy (non-hydrogen) atoms. The SMILES string of the molecule is CN(C(=O)OC(C)(C)C)C1CCNC(C(F)F)C1. The summed E-state index contributed by atoms with van der Waals surface area (Å²) in [6.07, 6.45) is -1.94. The maximum Gasteiger partial charge on any atom is 0.410 e. The third-order valence-electron chi connectivity index (χ3n) is 2.94. The normalized spacial score (nSPS) is 25.1. The molecule has 0 spiro atoms. The smallest absolute Gasteiger partial charge is 0.410 e. The highest BCUT2D eigenvalue weighted by molar-refractivity contribution is 5.68. The van der Waals surface area contributed by atoms with Crippen LogP contribution in [-0.2, 0) is 4.74 Å². The second-order valence-corrected chi connectivity index (χ2v) is 5.66. The number of amides is 1. The van der Waals surface area contributed by atoms with Gasteiger partial charge in [-0.1, -0.05) is 0 Å². The number of nitrogens with zero attached hydrogens (tertiary/aromatic N) is 1. The molecule has 1 heterocycles. The zero-order valence-corrected chi connectivity index (χ0v) is 11.4. The number of piperidine rings is 1. The minimum atomic E-state index is -2.40. The van der Waals surface area contributed by atoms with Crippen molar-refractivity contribution in [3.63, 3.8) is 0 Å². The summed E-state index contributed by atoms with van der Waals surface area (Å²) in [6.45, 7) is 5.84. The van der Waals surface area contributed by atoms with E-state index in [1.54, 1.807) is 27.8 Å². The van der Waals surface area contributed by atoms with Crippen molar-refractivity contribution in [2.24, 2.45) is 0 Å². The van der Waals surface area contributed by atoms with E-state index in [4.69, 9.17) is 4.74 Å². The molecule has 1 fully saturated rings. The average Bonchev–Trinajstić information content (AvgIpc) is 2.26. The Kier molecular flexibility index (Phi) is 4.90. The number of halogens is 2. The molecule has 1 aliphatic rings. The highest BCUT2D eigenvalue weighted by Crippen LogP contribution is 2.20. The second kappa shape index (κ2) is 5.82. The van der Waals surface area contributed by atoms with Gasteiger partial charge in [-0.2, -0.15) is 0 Å². The molecule has 1 aliphatic heterocycles. The summed E-state index contributed by atoms with van der Waals surface area (Å²) < 4.78 is 30.5. The molecule has 2 atom stereocenters. The molecule has 0 aliphatic carbocycles. The Morgan fingerprint density at radius 2 is 2.06 bits per heavy atom. The van der Waals surface area contributed by atoms with Crippen molar-refractivity contribution in [3.05, 3.63) is 0 Å². The van der Waals surface area contributed by atoms with Gasteiger partial charge in [0.25, 0.3) is 6.43 Å². The third kappa shape index (κ3) is 4.40. The standard InChI is InChI=1S/C12H22F2N2O2/c1-12(2,3)18-11(17)16(4)8-5-6-15-9(7-8)10(13)14/h8-10,15H,5-7H2,1-4H3. The molecule has 1 N–H and O–H groups in total. The van der Waals surface area contributed by atoms with Crippen LogP contribution in [0.3, 0.4) is 0 Å². The molecule has 106 valence electrons. The number of hydrogen-bond donors (Lipinski definition) is 1. The van der Waals surface area contributed by atoms with Gasteiger partial charge in [-0.15, -0.1) is 0 Å². The number of ether oxygens (including phenoxy) is 1. The van der Waals surface area contributed by atoms with Crippen molar-refractivity contribution >= 4 is 6.09 Å². The van der Waals surface area contributed by atoms with E-state index in [1.807, 2.05) is 0 Å². The third-order valence-corrected chi connectivity index (χ3v) is 2.94. The highest BCUT2D eigenvalue weighted by Gasteiger charge is 2.33. The van der Waals surface area contributed by atoms with E-state index in [9.17, 15) is 13.6 Å². The van der Waals surface area contributed by atoms with Crippen molar-refractivity contribution in [1.82, 2.24) is 10.2 Å². The maximum atomic E-state index is 12.6. The van der Waals surface area contributed by atoms with E-state index in [0.29, 0.717) is 13.0 Å². The van der Waals surface area contributed by atoms with Gasteiger partial charge in [-0.25, -0.2) is 13.6 Å². The predicted molar refractivity (Wildman–Crippen MR) is 64.8 cm³/mol. The molecule has 6 heteroatoms. The maximum absolute atomic E-state index is 12.6. The first kappa shape index (κ1) is 15.1. The first-order valence-electron chi connectivity index (χ1n) is 6.18. The molecular formula is C12H22F2N2O2. The number of nitrogens with one attached hydrogen (secondary N) is 1. The summed E-state index contributed by atoms with van der Waals surface area (Å²) in [4.78, 5) is 13.3. The van der Waals surface area contributed by atoms with E-state index in [2.05, 4.69) is 5.32 Å². The fraction of sp³-hybridized carbons (Fsp3) is 0.917. The molecular weight excluding hydrogens is 242 g/mol. The zero-order valence-electron chi connectivity index (χ0n) is 11.4. The van der Waals surface area contributed by atoms with Gasteiger partial charge >= 0.3 is 6.09 Å². The first-order chi connectivity index (χ1) is 8.20. The molecule has 1 saturated heterocycles. The molecule has 0 aromatic rings. The molecule has 0 aromatic carbocycles. The second-order valence-electron chi connectivity index (χ2n) is 5.66. The molecule has 0 saturated carbocycles. The molecule has 1 amide bonds. The van der Waals surface area contributed by atoms with Gasteiger partial charge in [0.15, 0.2) is 0 Å². The highest BCUT2D eigenvalue weighted by atomic mass is 19.3. The van der Waals surface area contributed by atoms with Crippen LogP contribution in [0.5, 0.6) is 0 Å². The monoisotopic (exact) mass is 264 g/mol. The van der Waals surface area contributed by atoms with Gasteiger partial charge in [-0.05, 0) is 40.2 Å². The topological polar surface area (TPSA) is 41.6 Å². The minimum Gasteiger partial charge on any atom is -0.444 e. The van der Waals surface area contributed by atoms with Gasteiger partial charge in [0.05, 0.1) is 6.04 Å². The van der Waals surface area contributed by atoms with Crippen LogP contribution in [-0.4, -0.2) is 48.7 Å². The molecule has 4 nitrogen and oxygen atoms in total. The number of rotatable bonds is 2. The minimum absolute atomic E-state index is 0.194. The van der Waals surface area contributed by atoms with Crippen molar-refractivity contribution in [1.29, 1.82) is 0 Å². The Bertz CT molecular complexity index is 292. The average molecular weight is 264 g/mol. The van der Waals surface area contributed by atoms with Crippen LogP contribution in [0.1, 0.15) is 33.6 Å². The molecule has 0 radical (unpaired) electrons. The van der Waals surface area contributed by atoms with Gasteiger partial charge in [0.2, 0.25) is 0 Å². The summed E-state index contributed by atoms with van der Waals surface area (Å²) in [5, 5.41) is 2.76. The predicted octanol–water partition coefficient (Wildman–Crippen LogP) is 2.24. The van der Waals surface area contributed by atoms with Crippen LogP contribution in [0, 0.1) is 0 Å². The number of alkyl halides is 2. The summed E-state index contributed by atoms with van der Waals surface area (Å²) in [6, 6.07) is -1.03. The lowest BCUT2D eigenvalue weighted by molar-refractivity contribution is 0.0101. The van der Waals surface area contributed by atoms with E-state index in [-0.39, 0.29) is 12.5 Å². The lowest BCUT2D eigenvalue weighted by atomic mass is 9.99. The van der Waals surface area contributed by atoms with Gasteiger partial charge < -0.3 is 15.0 Å². The quantitative estimate of drug-likeness (QED) is 0.831. The Morgan fingerprint density at radius 3 is 2.56 bits per heavy atom. The number of hydrogen-bond acceptors (Lipinski definition) is 3. The molecule has 2 unspecified atom stereocenters. The largest absolute Gasteiger partial charge is 0.444 e. The Hall–Kier alpha value is -0.910. The summed E-state index contributed by atoms with van der Waals surface area (Å²) in [5.41, 5.74) is -0.569. The Labute approximate surface area is 107 Å². The number of carbonyl (C=O) groups excluding carboxylic acids is 1. The van der Waals surface area contributed by atoms with Gasteiger partial charge in [0, 0.05) is 13.1 Å². The van der Waals surface area contributed by atoms with Crippen molar-refractivity contribution < 1.29 is 18.3 Å². The zero-order chi connectivity index (χ0) is 13.9. The molecule has 0 aromatic heterocycles. The Morgan fingerprint density at radius 1 is 1.44 bits per heavy atom. The summed E-state index contributed by atoms with van der Waals surface area (Å²) in [5.74, 6) is 0. The van der Waals surface area contributed by atoms with Gasteiger partial charge in [-0.3, -0.25) is 0 Å². The fourth-order valence-electron chi connectivity index (χ4n) is 1.96. The van der Waals surface area contributed by atoms with E-state index < -0.39 is 24.2 Å². The number of carbonyl (C=O) groups is 1. The van der Waals surface area contributed by atoms with Crippen LogP contribution in [0.15, 0.2) is 0 Å². The van der Waals surface area contributed by atoms with Crippen molar-refractivity contribution in [2.45, 2.75) is 57.7 Å². The summed E-state index contributed by atoms with van der Waals surface area (Å²) >= 11 is 0. The fourth-order valence-corrected chi connectivity index (χ4v) is 1.96. The van der Waals surface area contributed by atoms with E-state index >= 15 is 0 Å². The first-order valence-corrected chi connectivity index (χ1v) is 6.18. The lowest BCUT2D eigenvalue weighted by Gasteiger charge is -2.36. The van der Waals surface area contributed by atoms with E-state index in [1.165, 1.54) is 4.90 Å². The Balaban J connectivity index is 2.55. The van der Waals surface area contributed by atoms with Gasteiger partial charge in [0.1, 0.15) is 5.60 Å². The molecule has 0 bridgehead atoms. The van der Waals surface area contributed by atoms with Crippen LogP contribution in [0.2, 0.25) is 0 Å². The van der Waals surface area contributed by atoms with Crippen LogP contribution < -0.4 is 5.32 Å². The van der Waals surface area contributed by atoms with Crippen LogP contribution >= 0.6 is 0 Å². The lowest BCUT2D eigenvalue weighted by Crippen LogP contribution is -2.51. The van der Waals surface area contributed by atoms with Crippen molar-refractivity contribution in [3.8, 4) is 0 Å². The van der Waals surface area contributed by atoms with Crippen LogP contribution in [0.25, 0.3) is 0 Å². The van der Waals surface area contributed by atoms with Crippen molar-refractivity contribution in [2.75, 3.05) is 13.6 Å².